The SMILES string of the molecule is C[C@H](NC(=O)c1cccc(S(=O)(=O)c2ccc(CCNC[C@@H](O)c3cccc(Cl)c3)cc2)c1)C(=O)O. The second-order valence-electron chi connectivity index (χ2n) is 8.23. The van der Waals surface area contributed by atoms with Crippen molar-refractivity contribution in [2.75, 3.05) is 13.1 Å². The number of sulfone groups is 1. The van der Waals surface area contributed by atoms with Crippen LogP contribution in [0.5, 0.6) is 0 Å². The standard InChI is InChI=1S/C26H27ClN2O6S/c1-17(26(32)33)29-25(31)20-5-3-7-23(15-20)36(34,35)22-10-8-18(9-11-22)12-13-28-16-24(30)19-4-2-6-21(27)14-19/h2-11,14-15,17,24,28,30H,12-13,16H2,1H3,(H,29,31)(H,32,33)/t17-,24+/m0/s1. The van der Waals surface area contributed by atoms with Crippen LogP contribution >= 0.6 is 11.6 Å². The Morgan fingerprint density at radius 3 is 2.33 bits per heavy atom. The Morgan fingerprint density at radius 2 is 1.67 bits per heavy atom. The lowest BCUT2D eigenvalue weighted by atomic mass is 10.1. The van der Waals surface area contributed by atoms with Gasteiger partial charge in [-0.25, -0.2) is 8.42 Å². The second-order valence-corrected chi connectivity index (χ2v) is 10.6. The summed E-state index contributed by atoms with van der Waals surface area (Å²) in [7, 11) is -3.88. The Morgan fingerprint density at radius 1 is 0.972 bits per heavy atom. The maximum atomic E-state index is 13.1. The summed E-state index contributed by atoms with van der Waals surface area (Å²) < 4.78 is 26.1. The first-order chi connectivity index (χ1) is 17.1. The molecule has 0 radical (unpaired) electrons. The van der Waals surface area contributed by atoms with Crippen LogP contribution in [0, 0.1) is 0 Å². The van der Waals surface area contributed by atoms with Crippen molar-refractivity contribution in [1.29, 1.82) is 0 Å². The molecule has 0 saturated heterocycles. The zero-order valence-electron chi connectivity index (χ0n) is 19.5. The molecule has 0 unspecified atom stereocenters. The van der Waals surface area contributed by atoms with Crippen LogP contribution in [0.2, 0.25) is 5.02 Å². The number of benzene rings is 3. The van der Waals surface area contributed by atoms with Crippen LogP contribution < -0.4 is 10.6 Å². The number of aliphatic hydroxyl groups excluding tert-OH is 1. The lowest BCUT2D eigenvalue weighted by molar-refractivity contribution is -0.138. The number of hydrogen-bond acceptors (Lipinski definition) is 6. The van der Waals surface area contributed by atoms with Gasteiger partial charge in [0, 0.05) is 17.1 Å². The fourth-order valence-electron chi connectivity index (χ4n) is 3.42. The van der Waals surface area contributed by atoms with Crippen LogP contribution in [0.25, 0.3) is 0 Å². The number of aliphatic hydroxyl groups is 1. The maximum Gasteiger partial charge on any atom is 0.325 e. The maximum absolute atomic E-state index is 13.1. The minimum atomic E-state index is -3.88. The van der Waals surface area contributed by atoms with Gasteiger partial charge < -0.3 is 20.8 Å². The van der Waals surface area contributed by atoms with E-state index in [0.29, 0.717) is 24.5 Å². The molecule has 0 spiro atoms. The van der Waals surface area contributed by atoms with E-state index < -0.39 is 33.9 Å². The molecule has 36 heavy (non-hydrogen) atoms. The van der Waals surface area contributed by atoms with Crippen molar-refractivity contribution in [3.8, 4) is 0 Å². The molecule has 0 bridgehead atoms. The van der Waals surface area contributed by atoms with Gasteiger partial charge in [-0.3, -0.25) is 9.59 Å². The smallest absolute Gasteiger partial charge is 0.325 e. The Kier molecular flexibility index (Phi) is 9.22. The number of nitrogens with one attached hydrogen (secondary N) is 2. The van der Waals surface area contributed by atoms with Crippen LogP contribution in [-0.2, 0) is 21.1 Å². The number of carboxylic acids is 1. The molecular weight excluding hydrogens is 504 g/mol. The Balaban J connectivity index is 1.59. The van der Waals surface area contributed by atoms with E-state index >= 15 is 0 Å². The summed E-state index contributed by atoms with van der Waals surface area (Å²) in [4.78, 5) is 23.3. The van der Waals surface area contributed by atoms with Crippen molar-refractivity contribution in [2.24, 2.45) is 0 Å². The number of carbonyl (C=O) groups is 2. The number of carbonyl (C=O) groups excluding carboxylic acids is 1. The number of aliphatic carboxylic acids is 1. The van der Waals surface area contributed by atoms with Crippen LogP contribution in [0.1, 0.15) is 34.5 Å². The zero-order valence-corrected chi connectivity index (χ0v) is 21.1. The molecule has 2 atom stereocenters. The first kappa shape index (κ1) is 27.3. The molecule has 0 heterocycles. The highest BCUT2D eigenvalue weighted by atomic mass is 35.5. The van der Waals surface area contributed by atoms with Crippen molar-refractivity contribution in [3.05, 3.63) is 94.5 Å². The second kappa shape index (κ2) is 12.1. The molecule has 8 nitrogen and oxygen atoms in total. The van der Waals surface area contributed by atoms with Gasteiger partial charge in [0.25, 0.3) is 5.91 Å². The minimum absolute atomic E-state index is 0.0480. The Hall–Kier alpha value is -3.24. The molecule has 0 fully saturated rings. The summed E-state index contributed by atoms with van der Waals surface area (Å²) in [6.07, 6.45) is -0.0681. The van der Waals surface area contributed by atoms with Crippen molar-refractivity contribution >= 4 is 33.3 Å². The van der Waals surface area contributed by atoms with Crippen LogP contribution in [0.15, 0.2) is 82.6 Å². The van der Waals surface area contributed by atoms with Crippen LogP contribution in [-0.4, -0.2) is 49.6 Å². The summed E-state index contributed by atoms with van der Waals surface area (Å²) in [6, 6.07) is 17.8. The third-order valence-electron chi connectivity index (χ3n) is 5.52. The van der Waals surface area contributed by atoms with Gasteiger partial charge in [0.05, 0.1) is 15.9 Å². The molecule has 3 aromatic carbocycles. The summed E-state index contributed by atoms with van der Waals surface area (Å²) in [5.41, 5.74) is 1.68. The molecule has 0 aromatic heterocycles. The van der Waals surface area contributed by atoms with E-state index in [9.17, 15) is 23.1 Å². The summed E-state index contributed by atoms with van der Waals surface area (Å²) in [5.74, 6) is -1.87. The molecule has 3 aromatic rings. The lowest BCUT2D eigenvalue weighted by Crippen LogP contribution is -2.38. The average molecular weight is 531 g/mol. The van der Waals surface area contributed by atoms with E-state index in [2.05, 4.69) is 10.6 Å². The van der Waals surface area contributed by atoms with Gasteiger partial charge in [0.1, 0.15) is 6.04 Å². The molecule has 0 aliphatic heterocycles. The minimum Gasteiger partial charge on any atom is -0.480 e. The number of carboxylic acid groups (broad SMARTS) is 1. The number of hydrogen-bond donors (Lipinski definition) is 4. The summed E-state index contributed by atoms with van der Waals surface area (Å²) in [5, 5.41) is 25.2. The van der Waals surface area contributed by atoms with Crippen molar-refractivity contribution in [3.63, 3.8) is 0 Å². The predicted molar refractivity (Wildman–Crippen MR) is 136 cm³/mol. The molecule has 0 aliphatic carbocycles. The van der Waals surface area contributed by atoms with Gasteiger partial charge in [-0.15, -0.1) is 0 Å². The van der Waals surface area contributed by atoms with Crippen LogP contribution in [0.3, 0.4) is 0 Å². The number of halogens is 1. The van der Waals surface area contributed by atoms with Gasteiger partial charge >= 0.3 is 5.97 Å². The highest BCUT2D eigenvalue weighted by Gasteiger charge is 2.21. The van der Waals surface area contributed by atoms with E-state index in [-0.39, 0.29) is 15.4 Å². The fraction of sp³-hybridized carbons (Fsp3) is 0.231. The molecule has 3 rings (SSSR count). The first-order valence-corrected chi connectivity index (χ1v) is 13.1. The molecule has 1 amide bonds. The molecule has 190 valence electrons. The zero-order chi connectivity index (χ0) is 26.3. The van der Waals surface area contributed by atoms with E-state index in [4.69, 9.17) is 16.7 Å². The highest BCUT2D eigenvalue weighted by Crippen LogP contribution is 2.22. The average Bonchev–Trinajstić information content (AvgIpc) is 2.86. The Bertz CT molecular complexity index is 1330. The fourth-order valence-corrected chi connectivity index (χ4v) is 4.93. The molecule has 10 heteroatoms. The van der Waals surface area contributed by atoms with Crippen molar-refractivity contribution in [1.82, 2.24) is 10.6 Å². The van der Waals surface area contributed by atoms with Crippen molar-refractivity contribution < 1.29 is 28.2 Å². The van der Waals surface area contributed by atoms with Gasteiger partial charge in [-0.05, 0) is 73.5 Å². The van der Waals surface area contributed by atoms with E-state index in [1.165, 1.54) is 43.3 Å². The van der Waals surface area contributed by atoms with Crippen LogP contribution in [0.4, 0.5) is 0 Å². The summed E-state index contributed by atoms with van der Waals surface area (Å²) >= 11 is 5.95. The van der Waals surface area contributed by atoms with Gasteiger partial charge in [-0.1, -0.05) is 41.9 Å². The normalized spacial score (nSPS) is 13.1. The third kappa shape index (κ3) is 7.14. The van der Waals surface area contributed by atoms with Crippen molar-refractivity contribution in [2.45, 2.75) is 35.3 Å². The van der Waals surface area contributed by atoms with E-state index in [1.54, 1.807) is 36.4 Å². The molecule has 0 aliphatic rings. The molecule has 4 N–H and O–H groups in total. The first-order valence-electron chi connectivity index (χ1n) is 11.2. The molecular formula is C26H27ClN2O6S. The summed E-state index contributed by atoms with van der Waals surface area (Å²) in [6.45, 7) is 2.25. The largest absolute Gasteiger partial charge is 0.480 e. The Labute approximate surface area is 214 Å². The monoisotopic (exact) mass is 530 g/mol. The number of amides is 1. The van der Waals surface area contributed by atoms with Gasteiger partial charge in [0.2, 0.25) is 9.84 Å². The topological polar surface area (TPSA) is 133 Å². The third-order valence-corrected chi connectivity index (χ3v) is 7.52. The van der Waals surface area contributed by atoms with E-state index in [1.807, 2.05) is 0 Å². The highest BCUT2D eigenvalue weighted by molar-refractivity contribution is 7.91. The van der Waals surface area contributed by atoms with E-state index in [0.717, 1.165) is 11.1 Å². The lowest BCUT2D eigenvalue weighted by Gasteiger charge is -2.13. The van der Waals surface area contributed by atoms with Gasteiger partial charge in [-0.2, -0.15) is 0 Å². The quantitative estimate of drug-likeness (QED) is 0.280. The number of rotatable bonds is 11. The van der Waals surface area contributed by atoms with Gasteiger partial charge in [0.15, 0.2) is 0 Å². The predicted octanol–water partition coefficient (Wildman–Crippen LogP) is 3.24. The molecule has 0 saturated carbocycles.